The summed E-state index contributed by atoms with van der Waals surface area (Å²) in [5, 5.41) is 0. The van der Waals surface area contributed by atoms with Gasteiger partial charge < -0.3 is 0 Å². The first-order valence-electron chi connectivity index (χ1n) is 3.40. The van der Waals surface area contributed by atoms with Crippen LogP contribution in [0.2, 0.25) is 0 Å². The third-order valence-corrected chi connectivity index (χ3v) is 3.77. The Labute approximate surface area is 81.1 Å². The maximum Gasteiger partial charge on any atom is 0.0571 e. The highest BCUT2D eigenvalue weighted by Gasteiger charge is 2.09. The summed E-state index contributed by atoms with van der Waals surface area (Å²) in [4.78, 5) is 2.55. The first kappa shape index (κ1) is 9.37. The monoisotopic (exact) mass is 208 g/mol. The molecule has 0 aliphatic heterocycles. The fraction of sp³-hybridized carbons (Fsp3) is 0.500. The SMILES string of the molecule is Cc1sc(CCl)c(C)c1CCl. The van der Waals surface area contributed by atoms with Crippen LogP contribution in [0.25, 0.3) is 0 Å². The Balaban J connectivity index is 3.14. The van der Waals surface area contributed by atoms with E-state index in [2.05, 4.69) is 13.8 Å². The molecule has 0 aliphatic carbocycles. The second kappa shape index (κ2) is 3.79. The summed E-state index contributed by atoms with van der Waals surface area (Å²) >= 11 is 13.3. The first-order valence-corrected chi connectivity index (χ1v) is 5.29. The molecule has 0 radical (unpaired) electrons. The van der Waals surface area contributed by atoms with E-state index in [-0.39, 0.29) is 0 Å². The van der Waals surface area contributed by atoms with Crippen LogP contribution in [-0.4, -0.2) is 0 Å². The van der Waals surface area contributed by atoms with E-state index in [0.29, 0.717) is 11.8 Å². The van der Waals surface area contributed by atoms with E-state index in [1.807, 2.05) is 0 Å². The molecule has 1 rings (SSSR count). The Bertz CT molecular complexity index is 253. The van der Waals surface area contributed by atoms with Gasteiger partial charge >= 0.3 is 0 Å². The van der Waals surface area contributed by atoms with E-state index < -0.39 is 0 Å². The summed E-state index contributed by atoms with van der Waals surface area (Å²) in [6.07, 6.45) is 0. The van der Waals surface area contributed by atoms with E-state index in [0.717, 1.165) is 0 Å². The van der Waals surface area contributed by atoms with Crippen molar-refractivity contribution in [1.82, 2.24) is 0 Å². The molecule has 1 heterocycles. The van der Waals surface area contributed by atoms with Gasteiger partial charge in [-0.05, 0) is 25.0 Å². The normalized spacial score (nSPS) is 10.5. The number of hydrogen-bond acceptors (Lipinski definition) is 1. The van der Waals surface area contributed by atoms with E-state index in [1.165, 1.54) is 20.9 Å². The van der Waals surface area contributed by atoms with Gasteiger partial charge in [-0.3, -0.25) is 0 Å². The van der Waals surface area contributed by atoms with Gasteiger partial charge in [0.15, 0.2) is 0 Å². The standard InChI is InChI=1S/C8H10Cl2S/c1-5-7(3-9)6(2)11-8(5)4-10/h3-4H2,1-2H3. The van der Waals surface area contributed by atoms with Crippen LogP contribution in [-0.2, 0) is 11.8 Å². The Kier molecular flexibility index (Phi) is 3.23. The van der Waals surface area contributed by atoms with Gasteiger partial charge in [-0.2, -0.15) is 0 Å². The lowest BCUT2D eigenvalue weighted by molar-refractivity contribution is 1.27. The Morgan fingerprint density at radius 2 is 1.82 bits per heavy atom. The molecule has 0 atom stereocenters. The van der Waals surface area contributed by atoms with Gasteiger partial charge in [0.1, 0.15) is 0 Å². The third-order valence-electron chi connectivity index (χ3n) is 1.83. The first-order chi connectivity index (χ1) is 5.20. The highest BCUT2D eigenvalue weighted by Crippen LogP contribution is 2.29. The van der Waals surface area contributed by atoms with Crippen LogP contribution in [0, 0.1) is 13.8 Å². The van der Waals surface area contributed by atoms with Crippen molar-refractivity contribution in [3.63, 3.8) is 0 Å². The van der Waals surface area contributed by atoms with Crippen LogP contribution >= 0.6 is 34.5 Å². The van der Waals surface area contributed by atoms with Gasteiger partial charge in [0.25, 0.3) is 0 Å². The predicted molar refractivity (Wildman–Crippen MR) is 52.9 cm³/mol. The molecule has 3 heteroatoms. The summed E-state index contributed by atoms with van der Waals surface area (Å²) in [5.41, 5.74) is 2.53. The van der Waals surface area contributed by atoms with Crippen molar-refractivity contribution >= 4 is 34.5 Å². The summed E-state index contributed by atoms with van der Waals surface area (Å²) in [6.45, 7) is 4.17. The fourth-order valence-electron chi connectivity index (χ4n) is 1.08. The zero-order valence-corrected chi connectivity index (χ0v) is 8.91. The fourth-order valence-corrected chi connectivity index (χ4v) is 2.97. The van der Waals surface area contributed by atoms with Crippen LogP contribution in [0.5, 0.6) is 0 Å². The topological polar surface area (TPSA) is 0 Å². The van der Waals surface area contributed by atoms with Gasteiger partial charge in [-0.15, -0.1) is 34.5 Å². The minimum absolute atomic E-state index is 0.602. The number of thiophene rings is 1. The number of hydrogen-bond donors (Lipinski definition) is 0. The van der Waals surface area contributed by atoms with Crippen LogP contribution in [0.3, 0.4) is 0 Å². The van der Waals surface area contributed by atoms with Gasteiger partial charge in [0.2, 0.25) is 0 Å². The molecule has 0 aromatic carbocycles. The molecule has 11 heavy (non-hydrogen) atoms. The molecular formula is C8H10Cl2S. The van der Waals surface area contributed by atoms with Gasteiger partial charge in [-0.25, -0.2) is 0 Å². The zero-order chi connectivity index (χ0) is 8.43. The Morgan fingerprint density at radius 3 is 2.09 bits per heavy atom. The molecule has 1 aromatic heterocycles. The van der Waals surface area contributed by atoms with E-state index in [1.54, 1.807) is 11.3 Å². The smallest absolute Gasteiger partial charge is 0.0571 e. The summed E-state index contributed by atoms with van der Waals surface area (Å²) in [6, 6.07) is 0. The van der Waals surface area contributed by atoms with Crippen molar-refractivity contribution in [2.45, 2.75) is 25.6 Å². The van der Waals surface area contributed by atoms with E-state index >= 15 is 0 Å². The lowest BCUT2D eigenvalue weighted by Gasteiger charge is -1.94. The minimum atomic E-state index is 0.602. The average molecular weight is 209 g/mol. The maximum absolute atomic E-state index is 5.77. The van der Waals surface area contributed by atoms with Crippen molar-refractivity contribution in [3.05, 3.63) is 20.9 Å². The van der Waals surface area contributed by atoms with Crippen LogP contribution < -0.4 is 0 Å². The second-order valence-electron chi connectivity index (χ2n) is 2.45. The molecule has 0 spiro atoms. The molecule has 1 aromatic rings. The lowest BCUT2D eigenvalue weighted by Crippen LogP contribution is -1.82. The number of rotatable bonds is 2. The van der Waals surface area contributed by atoms with E-state index in [9.17, 15) is 0 Å². The molecule has 62 valence electrons. The third kappa shape index (κ3) is 1.71. The summed E-state index contributed by atoms with van der Waals surface area (Å²) < 4.78 is 0. The molecular weight excluding hydrogens is 199 g/mol. The van der Waals surface area contributed by atoms with Crippen molar-refractivity contribution < 1.29 is 0 Å². The van der Waals surface area contributed by atoms with Gasteiger partial charge in [0, 0.05) is 15.6 Å². The molecule has 0 N–H and O–H groups in total. The molecule has 0 saturated carbocycles. The Hall–Kier alpha value is 0.280. The van der Waals surface area contributed by atoms with Crippen LogP contribution in [0.1, 0.15) is 20.9 Å². The number of aryl methyl sites for hydroxylation is 1. The molecule has 0 aliphatic rings. The number of alkyl halides is 2. The predicted octanol–water partition coefficient (Wildman–Crippen LogP) is 3.84. The highest BCUT2D eigenvalue weighted by atomic mass is 35.5. The van der Waals surface area contributed by atoms with Gasteiger partial charge in [-0.1, -0.05) is 0 Å². The van der Waals surface area contributed by atoms with Crippen molar-refractivity contribution in [2.24, 2.45) is 0 Å². The van der Waals surface area contributed by atoms with Crippen molar-refractivity contribution in [2.75, 3.05) is 0 Å². The summed E-state index contributed by atoms with van der Waals surface area (Å²) in [7, 11) is 0. The van der Waals surface area contributed by atoms with E-state index in [4.69, 9.17) is 23.2 Å². The van der Waals surface area contributed by atoms with Crippen LogP contribution in [0.15, 0.2) is 0 Å². The number of halogens is 2. The second-order valence-corrected chi connectivity index (χ2v) is 4.30. The molecule has 0 nitrogen and oxygen atoms in total. The lowest BCUT2D eigenvalue weighted by atomic mass is 10.1. The minimum Gasteiger partial charge on any atom is -0.144 e. The molecule has 0 unspecified atom stereocenters. The largest absolute Gasteiger partial charge is 0.144 e. The van der Waals surface area contributed by atoms with Crippen molar-refractivity contribution in [3.8, 4) is 0 Å². The highest BCUT2D eigenvalue weighted by molar-refractivity contribution is 7.12. The molecule has 0 saturated heterocycles. The zero-order valence-electron chi connectivity index (χ0n) is 6.58. The maximum atomic E-state index is 5.77. The van der Waals surface area contributed by atoms with Crippen molar-refractivity contribution in [1.29, 1.82) is 0 Å². The molecule has 0 fully saturated rings. The summed E-state index contributed by atoms with van der Waals surface area (Å²) in [5.74, 6) is 1.21. The molecule has 0 amide bonds. The average Bonchev–Trinajstić information content (AvgIpc) is 2.26. The van der Waals surface area contributed by atoms with Crippen LogP contribution in [0.4, 0.5) is 0 Å². The quantitative estimate of drug-likeness (QED) is 0.649. The molecule has 0 bridgehead atoms. The Morgan fingerprint density at radius 1 is 1.18 bits per heavy atom. The van der Waals surface area contributed by atoms with Gasteiger partial charge in [0.05, 0.1) is 5.88 Å².